The Hall–Kier alpha value is -2.60. The number of carbonyl (C=O) groups is 2. The van der Waals surface area contributed by atoms with E-state index in [4.69, 9.17) is 4.74 Å². The highest BCUT2D eigenvalue weighted by molar-refractivity contribution is 9.10. The van der Waals surface area contributed by atoms with Crippen molar-refractivity contribution in [3.05, 3.63) is 70.3 Å². The molecule has 3 rings (SSSR count). The molecule has 0 fully saturated rings. The lowest BCUT2D eigenvalue weighted by Gasteiger charge is -2.15. The van der Waals surface area contributed by atoms with Crippen molar-refractivity contribution in [2.24, 2.45) is 0 Å². The van der Waals surface area contributed by atoms with Crippen LogP contribution in [0.25, 0.3) is 10.9 Å². The molecule has 1 atom stereocenters. The van der Waals surface area contributed by atoms with Gasteiger partial charge < -0.3 is 15.0 Å². The Morgan fingerprint density at radius 1 is 1.16 bits per heavy atom. The number of halogens is 1. The standard InChI is InChI=1S/C19H17BrN2O3/c1-12(13-6-2-4-8-16(13)20)22-18(23)11-25-19(24)15-10-21-17-9-5-3-7-14(15)17/h2-10,12,21H,11H2,1H3,(H,22,23)/t12-/m1/s1. The van der Waals surface area contributed by atoms with Crippen LogP contribution in [0.5, 0.6) is 0 Å². The summed E-state index contributed by atoms with van der Waals surface area (Å²) in [5, 5.41) is 3.59. The molecular formula is C19H17BrN2O3. The molecule has 6 heteroatoms. The molecule has 0 aliphatic heterocycles. The minimum atomic E-state index is -0.527. The Kier molecular flexibility index (Phi) is 5.19. The van der Waals surface area contributed by atoms with Crippen LogP contribution in [0.2, 0.25) is 0 Å². The molecule has 0 saturated carbocycles. The van der Waals surface area contributed by atoms with E-state index in [-0.39, 0.29) is 18.6 Å². The van der Waals surface area contributed by atoms with E-state index in [1.807, 2.05) is 55.5 Å². The van der Waals surface area contributed by atoms with E-state index in [9.17, 15) is 9.59 Å². The molecule has 25 heavy (non-hydrogen) atoms. The van der Waals surface area contributed by atoms with Crippen molar-refractivity contribution in [1.82, 2.24) is 10.3 Å². The molecule has 0 spiro atoms. The smallest absolute Gasteiger partial charge is 0.340 e. The maximum absolute atomic E-state index is 12.2. The molecule has 1 amide bonds. The lowest BCUT2D eigenvalue weighted by Crippen LogP contribution is -2.31. The van der Waals surface area contributed by atoms with Gasteiger partial charge in [0, 0.05) is 21.6 Å². The molecule has 0 unspecified atom stereocenters. The van der Waals surface area contributed by atoms with E-state index in [0.717, 1.165) is 20.9 Å². The summed E-state index contributed by atoms with van der Waals surface area (Å²) in [5.74, 6) is -0.877. The third kappa shape index (κ3) is 3.91. The molecule has 0 aliphatic rings. The zero-order valence-electron chi connectivity index (χ0n) is 13.6. The zero-order chi connectivity index (χ0) is 17.8. The van der Waals surface area contributed by atoms with Gasteiger partial charge in [-0.15, -0.1) is 0 Å². The molecule has 0 radical (unpaired) electrons. The summed E-state index contributed by atoms with van der Waals surface area (Å²) in [6.45, 7) is 1.55. The highest BCUT2D eigenvalue weighted by atomic mass is 79.9. The van der Waals surface area contributed by atoms with Crippen LogP contribution in [0.15, 0.2) is 59.2 Å². The van der Waals surface area contributed by atoms with Crippen molar-refractivity contribution >= 4 is 38.7 Å². The number of hydrogen-bond acceptors (Lipinski definition) is 3. The van der Waals surface area contributed by atoms with Gasteiger partial charge in [0.2, 0.25) is 0 Å². The molecule has 128 valence electrons. The number of esters is 1. The highest BCUT2D eigenvalue weighted by Crippen LogP contribution is 2.22. The number of benzene rings is 2. The number of aromatic nitrogens is 1. The van der Waals surface area contributed by atoms with E-state index in [1.165, 1.54) is 0 Å². The average molecular weight is 401 g/mol. The number of nitrogens with one attached hydrogen (secondary N) is 2. The van der Waals surface area contributed by atoms with Gasteiger partial charge in [0.15, 0.2) is 6.61 Å². The number of para-hydroxylation sites is 1. The van der Waals surface area contributed by atoms with Gasteiger partial charge in [0.25, 0.3) is 5.91 Å². The minimum Gasteiger partial charge on any atom is -0.452 e. The zero-order valence-corrected chi connectivity index (χ0v) is 15.2. The predicted octanol–water partition coefficient (Wildman–Crippen LogP) is 3.96. The van der Waals surface area contributed by atoms with Crippen LogP contribution in [0.3, 0.4) is 0 Å². The number of carbonyl (C=O) groups excluding carboxylic acids is 2. The minimum absolute atomic E-state index is 0.199. The second-order valence-corrected chi connectivity index (χ2v) is 6.49. The molecule has 0 bridgehead atoms. The van der Waals surface area contributed by atoms with E-state index >= 15 is 0 Å². The predicted molar refractivity (Wildman–Crippen MR) is 99.3 cm³/mol. The largest absolute Gasteiger partial charge is 0.452 e. The van der Waals surface area contributed by atoms with E-state index < -0.39 is 5.97 Å². The Labute approximate surface area is 153 Å². The molecule has 3 aromatic rings. The quantitative estimate of drug-likeness (QED) is 0.636. The van der Waals surface area contributed by atoms with Gasteiger partial charge in [0.05, 0.1) is 11.6 Å². The van der Waals surface area contributed by atoms with Crippen LogP contribution < -0.4 is 5.32 Å². The molecule has 5 nitrogen and oxygen atoms in total. The van der Waals surface area contributed by atoms with Crippen LogP contribution in [0.1, 0.15) is 28.9 Å². The van der Waals surface area contributed by atoms with Gasteiger partial charge in [-0.2, -0.15) is 0 Å². The van der Waals surface area contributed by atoms with Gasteiger partial charge in [-0.3, -0.25) is 4.79 Å². The lowest BCUT2D eigenvalue weighted by molar-refractivity contribution is -0.124. The van der Waals surface area contributed by atoms with Crippen molar-refractivity contribution in [3.8, 4) is 0 Å². The van der Waals surface area contributed by atoms with E-state index in [1.54, 1.807) is 6.20 Å². The highest BCUT2D eigenvalue weighted by Gasteiger charge is 2.16. The summed E-state index contributed by atoms with van der Waals surface area (Å²) >= 11 is 3.46. The van der Waals surface area contributed by atoms with Crippen LogP contribution >= 0.6 is 15.9 Å². The molecule has 1 heterocycles. The maximum Gasteiger partial charge on any atom is 0.340 e. The summed E-state index contributed by atoms with van der Waals surface area (Å²) in [6.07, 6.45) is 1.59. The third-order valence-electron chi connectivity index (χ3n) is 3.89. The normalized spacial score (nSPS) is 11.9. The van der Waals surface area contributed by atoms with Crippen LogP contribution in [-0.2, 0) is 9.53 Å². The molecule has 2 N–H and O–H groups in total. The number of rotatable bonds is 5. The first-order valence-corrected chi connectivity index (χ1v) is 8.62. The lowest BCUT2D eigenvalue weighted by atomic mass is 10.1. The Morgan fingerprint density at radius 2 is 1.88 bits per heavy atom. The molecular weight excluding hydrogens is 384 g/mol. The Balaban J connectivity index is 1.59. The van der Waals surface area contributed by atoms with Crippen LogP contribution in [0, 0.1) is 0 Å². The van der Waals surface area contributed by atoms with Crippen molar-refractivity contribution in [2.75, 3.05) is 6.61 Å². The Bertz CT molecular complexity index is 920. The van der Waals surface area contributed by atoms with Crippen molar-refractivity contribution in [2.45, 2.75) is 13.0 Å². The monoisotopic (exact) mass is 400 g/mol. The first-order chi connectivity index (χ1) is 12.1. The molecule has 0 aliphatic carbocycles. The first kappa shape index (κ1) is 17.2. The van der Waals surface area contributed by atoms with Crippen molar-refractivity contribution in [1.29, 1.82) is 0 Å². The van der Waals surface area contributed by atoms with Crippen molar-refractivity contribution < 1.29 is 14.3 Å². The maximum atomic E-state index is 12.2. The van der Waals surface area contributed by atoms with E-state index in [0.29, 0.717) is 5.56 Å². The summed E-state index contributed by atoms with van der Waals surface area (Å²) < 4.78 is 6.06. The van der Waals surface area contributed by atoms with Gasteiger partial charge in [-0.05, 0) is 24.6 Å². The van der Waals surface area contributed by atoms with Gasteiger partial charge >= 0.3 is 5.97 Å². The van der Waals surface area contributed by atoms with Gasteiger partial charge in [0.1, 0.15) is 0 Å². The molecule has 1 aromatic heterocycles. The van der Waals surface area contributed by atoms with Gasteiger partial charge in [-0.1, -0.05) is 52.3 Å². The number of amides is 1. The second-order valence-electron chi connectivity index (χ2n) is 5.63. The summed E-state index contributed by atoms with van der Waals surface area (Å²) in [6, 6.07) is 14.9. The SMILES string of the molecule is C[C@@H](NC(=O)COC(=O)c1c[nH]c2ccccc12)c1ccccc1Br. The van der Waals surface area contributed by atoms with Gasteiger partial charge in [-0.25, -0.2) is 4.79 Å². The summed E-state index contributed by atoms with van der Waals surface area (Å²) in [7, 11) is 0. The topological polar surface area (TPSA) is 71.2 Å². The summed E-state index contributed by atoms with van der Waals surface area (Å²) in [4.78, 5) is 27.3. The number of hydrogen-bond donors (Lipinski definition) is 2. The number of fused-ring (bicyclic) bond motifs is 1. The van der Waals surface area contributed by atoms with E-state index in [2.05, 4.69) is 26.2 Å². The first-order valence-electron chi connectivity index (χ1n) is 7.83. The fraction of sp³-hybridized carbons (Fsp3) is 0.158. The third-order valence-corrected chi connectivity index (χ3v) is 4.61. The molecule has 0 saturated heterocycles. The fourth-order valence-electron chi connectivity index (χ4n) is 2.64. The van der Waals surface area contributed by atoms with Crippen molar-refractivity contribution in [3.63, 3.8) is 0 Å². The average Bonchev–Trinajstić information content (AvgIpc) is 3.04. The number of aromatic amines is 1. The fourth-order valence-corrected chi connectivity index (χ4v) is 3.26. The number of ether oxygens (including phenoxy) is 1. The summed E-state index contributed by atoms with van der Waals surface area (Å²) in [5.41, 5.74) is 2.22. The molecule has 2 aromatic carbocycles. The Morgan fingerprint density at radius 3 is 2.68 bits per heavy atom. The van der Waals surface area contributed by atoms with Crippen LogP contribution in [0.4, 0.5) is 0 Å². The second kappa shape index (κ2) is 7.53. The number of H-pyrrole nitrogens is 1. The van der Waals surface area contributed by atoms with Crippen LogP contribution in [-0.4, -0.2) is 23.5 Å².